The third-order valence-corrected chi connectivity index (χ3v) is 4.43. The molecule has 2 unspecified atom stereocenters. The summed E-state index contributed by atoms with van der Waals surface area (Å²) in [6, 6.07) is 5.95. The maximum absolute atomic E-state index is 6.33. The number of benzene rings is 1. The zero-order valence-electron chi connectivity index (χ0n) is 12.6. The molecule has 0 radical (unpaired) electrons. The Hall–Kier alpha value is -0.240. The normalized spacial score (nSPS) is 15.3. The van der Waals surface area contributed by atoms with E-state index in [0.717, 1.165) is 28.6 Å². The summed E-state index contributed by atoms with van der Waals surface area (Å²) in [7, 11) is 0. The first-order valence-corrected chi connectivity index (χ1v) is 7.69. The number of hydrogen-bond donors (Lipinski definition) is 1. The van der Waals surface area contributed by atoms with Gasteiger partial charge in [-0.15, -0.1) is 0 Å². The van der Waals surface area contributed by atoms with E-state index in [1.807, 2.05) is 18.2 Å². The smallest absolute Gasteiger partial charge is 0.0454 e. The Morgan fingerprint density at radius 3 is 2.37 bits per heavy atom. The standard InChI is InChI=1S/C16H25Cl2N/c1-6-19-15(9-11(2)16(3,4)5)13-10-12(17)7-8-14(13)18/h7-8,10-11,15,19H,6,9H2,1-5H3. The average Bonchev–Trinajstić information content (AvgIpc) is 2.30. The summed E-state index contributed by atoms with van der Waals surface area (Å²) in [6.07, 6.45) is 1.05. The number of halogens is 2. The van der Waals surface area contributed by atoms with Crippen molar-refractivity contribution in [3.63, 3.8) is 0 Å². The van der Waals surface area contributed by atoms with Crippen LogP contribution in [0.2, 0.25) is 10.0 Å². The molecule has 1 rings (SSSR count). The minimum atomic E-state index is 0.255. The molecule has 1 N–H and O–H groups in total. The van der Waals surface area contributed by atoms with Gasteiger partial charge in [0.2, 0.25) is 0 Å². The summed E-state index contributed by atoms with van der Waals surface area (Å²) < 4.78 is 0. The van der Waals surface area contributed by atoms with Gasteiger partial charge in [0, 0.05) is 16.1 Å². The third-order valence-electron chi connectivity index (χ3n) is 3.85. The van der Waals surface area contributed by atoms with Gasteiger partial charge in [0.05, 0.1) is 0 Å². The van der Waals surface area contributed by atoms with Crippen LogP contribution in [0.25, 0.3) is 0 Å². The first-order valence-electron chi connectivity index (χ1n) is 6.94. The van der Waals surface area contributed by atoms with Gasteiger partial charge in [0.1, 0.15) is 0 Å². The van der Waals surface area contributed by atoms with Gasteiger partial charge in [-0.05, 0) is 48.1 Å². The van der Waals surface area contributed by atoms with Gasteiger partial charge in [-0.1, -0.05) is 57.8 Å². The van der Waals surface area contributed by atoms with E-state index in [0.29, 0.717) is 11.3 Å². The Morgan fingerprint density at radius 2 is 1.84 bits per heavy atom. The molecule has 0 saturated carbocycles. The van der Waals surface area contributed by atoms with E-state index in [-0.39, 0.29) is 6.04 Å². The van der Waals surface area contributed by atoms with E-state index < -0.39 is 0 Å². The molecule has 1 aromatic carbocycles. The number of nitrogens with one attached hydrogen (secondary N) is 1. The molecule has 0 amide bonds. The second kappa shape index (κ2) is 6.97. The topological polar surface area (TPSA) is 12.0 Å². The first-order chi connectivity index (χ1) is 8.75. The Bertz CT molecular complexity index is 410. The average molecular weight is 302 g/mol. The molecule has 0 bridgehead atoms. The monoisotopic (exact) mass is 301 g/mol. The van der Waals surface area contributed by atoms with Crippen molar-refractivity contribution in [2.45, 2.75) is 47.1 Å². The van der Waals surface area contributed by atoms with Crippen LogP contribution < -0.4 is 5.32 Å². The fourth-order valence-corrected chi connectivity index (χ4v) is 2.49. The molecule has 0 saturated heterocycles. The molecule has 0 aliphatic carbocycles. The van der Waals surface area contributed by atoms with Gasteiger partial charge in [0.15, 0.2) is 0 Å². The Labute approximate surface area is 127 Å². The van der Waals surface area contributed by atoms with E-state index in [1.165, 1.54) is 0 Å². The van der Waals surface area contributed by atoms with Crippen molar-refractivity contribution in [2.24, 2.45) is 11.3 Å². The summed E-state index contributed by atoms with van der Waals surface area (Å²) in [5, 5.41) is 5.06. The lowest BCUT2D eigenvalue weighted by molar-refractivity contribution is 0.224. The summed E-state index contributed by atoms with van der Waals surface area (Å²) >= 11 is 12.4. The molecule has 3 heteroatoms. The highest BCUT2D eigenvalue weighted by Gasteiger charge is 2.25. The summed E-state index contributed by atoms with van der Waals surface area (Å²) in [5.74, 6) is 0.589. The van der Waals surface area contributed by atoms with Crippen LogP contribution in [0.1, 0.15) is 52.6 Å². The third kappa shape index (κ3) is 4.98. The number of rotatable bonds is 5. The molecular formula is C16H25Cl2N. The molecule has 2 atom stereocenters. The van der Waals surface area contributed by atoms with E-state index in [4.69, 9.17) is 23.2 Å². The minimum absolute atomic E-state index is 0.255. The summed E-state index contributed by atoms with van der Waals surface area (Å²) in [4.78, 5) is 0. The van der Waals surface area contributed by atoms with E-state index in [1.54, 1.807) is 0 Å². The molecule has 108 valence electrons. The van der Waals surface area contributed by atoms with Gasteiger partial charge in [0.25, 0.3) is 0 Å². The first kappa shape index (κ1) is 16.8. The van der Waals surface area contributed by atoms with Gasteiger partial charge < -0.3 is 5.32 Å². The van der Waals surface area contributed by atoms with Crippen LogP contribution in [0.5, 0.6) is 0 Å². The highest BCUT2D eigenvalue weighted by atomic mass is 35.5. The lowest BCUT2D eigenvalue weighted by Crippen LogP contribution is -2.27. The highest BCUT2D eigenvalue weighted by Crippen LogP contribution is 2.36. The highest BCUT2D eigenvalue weighted by molar-refractivity contribution is 6.33. The van der Waals surface area contributed by atoms with Crippen molar-refractivity contribution in [3.8, 4) is 0 Å². The zero-order chi connectivity index (χ0) is 14.6. The number of hydrogen-bond acceptors (Lipinski definition) is 1. The van der Waals surface area contributed by atoms with Crippen molar-refractivity contribution in [1.29, 1.82) is 0 Å². The van der Waals surface area contributed by atoms with Crippen molar-refractivity contribution in [3.05, 3.63) is 33.8 Å². The maximum Gasteiger partial charge on any atom is 0.0454 e. The Balaban J connectivity index is 2.97. The van der Waals surface area contributed by atoms with Crippen molar-refractivity contribution < 1.29 is 0 Å². The van der Waals surface area contributed by atoms with Gasteiger partial charge >= 0.3 is 0 Å². The van der Waals surface area contributed by atoms with Crippen LogP contribution in [0, 0.1) is 11.3 Å². The molecule has 0 aliphatic rings. The van der Waals surface area contributed by atoms with E-state index >= 15 is 0 Å². The van der Waals surface area contributed by atoms with Gasteiger partial charge in [-0.3, -0.25) is 0 Å². The summed E-state index contributed by atoms with van der Waals surface area (Å²) in [6.45, 7) is 12.2. The molecule has 1 nitrogen and oxygen atoms in total. The quantitative estimate of drug-likeness (QED) is 0.734. The maximum atomic E-state index is 6.33. The van der Waals surface area contributed by atoms with Crippen molar-refractivity contribution in [1.82, 2.24) is 5.32 Å². The van der Waals surface area contributed by atoms with Crippen molar-refractivity contribution in [2.75, 3.05) is 6.54 Å². The molecule has 0 spiro atoms. The fraction of sp³-hybridized carbons (Fsp3) is 0.625. The Kier molecular flexibility index (Phi) is 6.16. The zero-order valence-corrected chi connectivity index (χ0v) is 14.1. The molecular weight excluding hydrogens is 277 g/mol. The van der Waals surface area contributed by atoms with Crippen LogP contribution >= 0.6 is 23.2 Å². The van der Waals surface area contributed by atoms with Crippen LogP contribution in [0.3, 0.4) is 0 Å². The fourth-order valence-electron chi connectivity index (χ4n) is 2.06. The molecule has 1 aromatic rings. The lowest BCUT2D eigenvalue weighted by atomic mass is 9.77. The van der Waals surface area contributed by atoms with E-state index in [9.17, 15) is 0 Å². The largest absolute Gasteiger partial charge is 0.310 e. The van der Waals surface area contributed by atoms with Gasteiger partial charge in [-0.2, -0.15) is 0 Å². The second-order valence-electron chi connectivity index (χ2n) is 6.28. The summed E-state index contributed by atoms with van der Waals surface area (Å²) in [5.41, 5.74) is 1.39. The Morgan fingerprint density at radius 1 is 1.21 bits per heavy atom. The van der Waals surface area contributed by atoms with Crippen LogP contribution in [-0.2, 0) is 0 Å². The molecule has 0 aromatic heterocycles. The molecule has 19 heavy (non-hydrogen) atoms. The van der Waals surface area contributed by atoms with Crippen LogP contribution in [0.4, 0.5) is 0 Å². The molecule has 0 heterocycles. The second-order valence-corrected chi connectivity index (χ2v) is 7.12. The van der Waals surface area contributed by atoms with Crippen LogP contribution in [0.15, 0.2) is 18.2 Å². The molecule has 0 aliphatic heterocycles. The van der Waals surface area contributed by atoms with Crippen LogP contribution in [-0.4, -0.2) is 6.54 Å². The lowest BCUT2D eigenvalue weighted by Gasteiger charge is -2.31. The SMILES string of the molecule is CCNC(CC(C)C(C)(C)C)c1cc(Cl)ccc1Cl. The predicted octanol–water partition coefficient (Wildman–Crippen LogP) is 5.72. The predicted molar refractivity (Wildman–Crippen MR) is 86.1 cm³/mol. The van der Waals surface area contributed by atoms with Gasteiger partial charge in [-0.25, -0.2) is 0 Å². The van der Waals surface area contributed by atoms with Crippen molar-refractivity contribution >= 4 is 23.2 Å². The van der Waals surface area contributed by atoms with E-state index in [2.05, 4.69) is 39.9 Å². The molecule has 0 fully saturated rings. The minimum Gasteiger partial charge on any atom is -0.310 e.